The van der Waals surface area contributed by atoms with E-state index in [0.717, 1.165) is 71.6 Å². The second kappa shape index (κ2) is 14.5. The Morgan fingerprint density at radius 1 is 1.08 bits per heavy atom. The fourth-order valence-electron chi connectivity index (χ4n) is 4.39. The van der Waals surface area contributed by atoms with Gasteiger partial charge in [-0.1, -0.05) is 36.8 Å². The van der Waals surface area contributed by atoms with Crippen molar-refractivity contribution in [2.75, 3.05) is 24.6 Å². The second-order valence-electron chi connectivity index (χ2n) is 9.26. The minimum absolute atomic E-state index is 0.431. The maximum absolute atomic E-state index is 10.9. The SMILES string of the molecule is CCC(CCCOc1ccc(CC#N)cc1)CCN(CC)c1ccc(N=Nc2nc3sc(C=O)cc3s2)cc1. The van der Waals surface area contributed by atoms with Crippen molar-refractivity contribution < 1.29 is 9.53 Å². The number of aldehydes is 1. The summed E-state index contributed by atoms with van der Waals surface area (Å²) in [6.07, 6.45) is 5.75. The van der Waals surface area contributed by atoms with E-state index in [9.17, 15) is 4.79 Å². The number of benzene rings is 2. The van der Waals surface area contributed by atoms with Crippen LogP contribution in [-0.4, -0.2) is 31.0 Å². The molecule has 4 rings (SSSR count). The number of thiazole rings is 1. The minimum Gasteiger partial charge on any atom is -0.494 e. The molecular formula is C30H33N5O2S2. The maximum Gasteiger partial charge on any atom is 0.231 e. The highest BCUT2D eigenvalue weighted by molar-refractivity contribution is 7.29. The van der Waals surface area contributed by atoms with Crippen molar-refractivity contribution in [1.82, 2.24) is 4.98 Å². The van der Waals surface area contributed by atoms with Crippen LogP contribution >= 0.6 is 22.7 Å². The Labute approximate surface area is 237 Å². The first kappa shape index (κ1) is 28.4. The molecule has 39 heavy (non-hydrogen) atoms. The van der Waals surface area contributed by atoms with Gasteiger partial charge in [-0.3, -0.25) is 4.79 Å². The van der Waals surface area contributed by atoms with Gasteiger partial charge in [0.05, 0.1) is 34.4 Å². The Hall–Kier alpha value is -3.61. The third-order valence-electron chi connectivity index (χ3n) is 6.68. The number of nitrogens with zero attached hydrogens (tertiary/aromatic N) is 5. The molecule has 0 radical (unpaired) electrons. The molecule has 4 aromatic rings. The van der Waals surface area contributed by atoms with E-state index in [2.05, 4.69) is 52.2 Å². The molecule has 1 atom stereocenters. The summed E-state index contributed by atoms with van der Waals surface area (Å²) in [5, 5.41) is 18.0. The molecule has 2 heterocycles. The van der Waals surface area contributed by atoms with Crippen LogP contribution in [-0.2, 0) is 6.42 Å². The van der Waals surface area contributed by atoms with Crippen LogP contribution in [0.1, 0.15) is 54.8 Å². The number of fused-ring (bicyclic) bond motifs is 1. The molecule has 9 heteroatoms. The first-order valence-electron chi connectivity index (χ1n) is 13.3. The number of hydrogen-bond donors (Lipinski definition) is 0. The van der Waals surface area contributed by atoms with Gasteiger partial charge in [-0.05, 0) is 80.1 Å². The number of thiophene rings is 1. The van der Waals surface area contributed by atoms with Gasteiger partial charge >= 0.3 is 0 Å². The number of anilines is 1. The molecule has 0 saturated carbocycles. The van der Waals surface area contributed by atoms with E-state index in [1.54, 1.807) is 0 Å². The molecule has 0 fully saturated rings. The predicted octanol–water partition coefficient (Wildman–Crippen LogP) is 8.75. The Morgan fingerprint density at radius 3 is 2.54 bits per heavy atom. The molecule has 1 unspecified atom stereocenters. The van der Waals surface area contributed by atoms with E-state index in [0.29, 0.717) is 29.0 Å². The highest BCUT2D eigenvalue weighted by Gasteiger charge is 2.11. The standard InChI is InChI=1S/C30H33N5O2S2/c1-3-22(6-5-19-37-26-13-7-23(8-14-26)15-17-31)16-18-35(4-2)25-11-9-24(10-12-25)33-34-30-32-29-28(39-30)20-27(21-36)38-29/h7-14,20-22H,3-6,15-16,18-19H2,1-2H3. The van der Waals surface area contributed by atoms with E-state index in [-0.39, 0.29) is 0 Å². The fourth-order valence-corrected chi connectivity index (χ4v) is 6.25. The normalized spacial score (nSPS) is 12.0. The summed E-state index contributed by atoms with van der Waals surface area (Å²) in [6, 6.07) is 20.0. The lowest BCUT2D eigenvalue weighted by Crippen LogP contribution is -2.25. The summed E-state index contributed by atoms with van der Waals surface area (Å²) in [7, 11) is 0. The quantitative estimate of drug-likeness (QED) is 0.0825. The highest BCUT2D eigenvalue weighted by atomic mass is 32.1. The van der Waals surface area contributed by atoms with Crippen LogP contribution in [0, 0.1) is 17.2 Å². The minimum atomic E-state index is 0.431. The first-order chi connectivity index (χ1) is 19.1. The number of carbonyl (C=O) groups excluding carboxylic acids is 1. The van der Waals surface area contributed by atoms with E-state index in [1.807, 2.05) is 42.5 Å². The van der Waals surface area contributed by atoms with Gasteiger partial charge in [0.15, 0.2) is 6.29 Å². The number of azo groups is 1. The number of hydrogen-bond acceptors (Lipinski definition) is 9. The Balaban J connectivity index is 1.22. The summed E-state index contributed by atoms with van der Waals surface area (Å²) < 4.78 is 6.87. The van der Waals surface area contributed by atoms with Gasteiger partial charge in [-0.25, -0.2) is 4.98 Å². The largest absolute Gasteiger partial charge is 0.494 e. The molecular weight excluding hydrogens is 526 g/mol. The van der Waals surface area contributed by atoms with Crippen LogP contribution in [0.15, 0.2) is 64.8 Å². The van der Waals surface area contributed by atoms with Crippen molar-refractivity contribution in [3.05, 3.63) is 65.0 Å². The second-order valence-corrected chi connectivity index (χ2v) is 11.3. The lowest BCUT2D eigenvalue weighted by molar-refractivity contribution is 0.112. The van der Waals surface area contributed by atoms with Crippen molar-refractivity contribution >= 4 is 55.0 Å². The molecule has 0 aliphatic carbocycles. The number of ether oxygens (including phenoxy) is 1. The van der Waals surface area contributed by atoms with Crippen LogP contribution in [0.5, 0.6) is 5.75 Å². The van der Waals surface area contributed by atoms with Gasteiger partial charge in [-0.15, -0.1) is 21.6 Å². The smallest absolute Gasteiger partial charge is 0.231 e. The highest BCUT2D eigenvalue weighted by Crippen LogP contribution is 2.34. The first-order valence-corrected chi connectivity index (χ1v) is 15.0. The van der Waals surface area contributed by atoms with Gasteiger partial charge in [0, 0.05) is 18.8 Å². The van der Waals surface area contributed by atoms with Crippen LogP contribution in [0.4, 0.5) is 16.5 Å². The third-order valence-corrected chi connectivity index (χ3v) is 8.65. The van der Waals surface area contributed by atoms with E-state index >= 15 is 0 Å². The molecule has 0 bridgehead atoms. The molecule has 0 aliphatic heterocycles. The van der Waals surface area contributed by atoms with Crippen molar-refractivity contribution in [2.45, 2.75) is 46.0 Å². The van der Waals surface area contributed by atoms with Crippen LogP contribution in [0.2, 0.25) is 0 Å². The van der Waals surface area contributed by atoms with Crippen LogP contribution < -0.4 is 9.64 Å². The van der Waals surface area contributed by atoms with Gasteiger partial charge in [-0.2, -0.15) is 5.26 Å². The van der Waals surface area contributed by atoms with Crippen molar-refractivity contribution in [1.29, 1.82) is 5.26 Å². The number of rotatable bonds is 15. The molecule has 0 amide bonds. The predicted molar refractivity (Wildman–Crippen MR) is 160 cm³/mol. The van der Waals surface area contributed by atoms with Crippen LogP contribution in [0.25, 0.3) is 9.53 Å². The fraction of sp³-hybridized carbons (Fsp3) is 0.367. The van der Waals surface area contributed by atoms with Crippen molar-refractivity contribution in [3.63, 3.8) is 0 Å². The zero-order valence-electron chi connectivity index (χ0n) is 22.4. The Bertz CT molecular complexity index is 1370. The molecule has 0 saturated heterocycles. The molecule has 0 spiro atoms. The van der Waals surface area contributed by atoms with Crippen LogP contribution in [0.3, 0.4) is 0 Å². The molecule has 2 aromatic heterocycles. The van der Waals surface area contributed by atoms with Gasteiger partial charge in [0.1, 0.15) is 10.6 Å². The summed E-state index contributed by atoms with van der Waals surface area (Å²) in [5.41, 5.74) is 2.99. The lowest BCUT2D eigenvalue weighted by atomic mass is 9.96. The lowest BCUT2D eigenvalue weighted by Gasteiger charge is -2.26. The zero-order valence-corrected chi connectivity index (χ0v) is 24.0. The van der Waals surface area contributed by atoms with Crippen molar-refractivity contribution in [2.24, 2.45) is 16.1 Å². The Kier molecular flexibility index (Phi) is 10.6. The molecule has 0 N–H and O–H groups in total. The molecule has 202 valence electrons. The summed E-state index contributed by atoms with van der Waals surface area (Å²) >= 11 is 2.81. The van der Waals surface area contributed by atoms with E-state index < -0.39 is 0 Å². The van der Waals surface area contributed by atoms with E-state index in [4.69, 9.17) is 10.00 Å². The average Bonchev–Trinajstić information content (AvgIpc) is 3.53. The summed E-state index contributed by atoms with van der Waals surface area (Å²) in [6.45, 7) is 7.12. The monoisotopic (exact) mass is 559 g/mol. The summed E-state index contributed by atoms with van der Waals surface area (Å²) in [5.74, 6) is 1.52. The van der Waals surface area contributed by atoms with Gasteiger partial charge < -0.3 is 9.64 Å². The molecule has 0 aliphatic rings. The molecule has 2 aromatic carbocycles. The Morgan fingerprint density at radius 2 is 1.87 bits per heavy atom. The third kappa shape index (κ3) is 8.19. The number of aromatic nitrogens is 1. The number of nitriles is 1. The average molecular weight is 560 g/mol. The topological polar surface area (TPSA) is 90.9 Å². The maximum atomic E-state index is 10.9. The van der Waals surface area contributed by atoms with Crippen molar-refractivity contribution in [3.8, 4) is 11.8 Å². The van der Waals surface area contributed by atoms with Gasteiger partial charge in [0.25, 0.3) is 0 Å². The molecule has 7 nitrogen and oxygen atoms in total. The van der Waals surface area contributed by atoms with E-state index in [1.165, 1.54) is 28.4 Å². The number of carbonyl (C=O) groups is 1. The van der Waals surface area contributed by atoms with Gasteiger partial charge in [0.2, 0.25) is 5.13 Å². The summed E-state index contributed by atoms with van der Waals surface area (Å²) in [4.78, 5) is 19.3. The zero-order chi connectivity index (χ0) is 27.5.